The summed E-state index contributed by atoms with van der Waals surface area (Å²) in [5.74, 6) is 1.01. The summed E-state index contributed by atoms with van der Waals surface area (Å²) in [4.78, 5) is 11.6. The van der Waals surface area contributed by atoms with Gasteiger partial charge >= 0.3 is 0 Å². The molecule has 0 radical (unpaired) electrons. The Labute approximate surface area is 139 Å². The molecule has 5 rings (SSSR count). The first-order valence-corrected chi connectivity index (χ1v) is 9.02. The lowest BCUT2D eigenvalue weighted by Crippen LogP contribution is -2.22. The summed E-state index contributed by atoms with van der Waals surface area (Å²) >= 11 is 1.80. The van der Waals surface area contributed by atoms with Crippen LogP contribution >= 0.6 is 11.3 Å². The van der Waals surface area contributed by atoms with Gasteiger partial charge in [0, 0.05) is 11.4 Å². The summed E-state index contributed by atoms with van der Waals surface area (Å²) in [6.45, 7) is 2.00. The van der Waals surface area contributed by atoms with Crippen LogP contribution in [0.5, 0.6) is 0 Å². The smallest absolute Gasteiger partial charge is 0.138 e. The maximum absolute atomic E-state index is 4.59. The highest BCUT2D eigenvalue weighted by atomic mass is 32.1. The van der Waals surface area contributed by atoms with Gasteiger partial charge in [-0.2, -0.15) is 0 Å². The largest absolute Gasteiger partial charge is 0.363 e. The van der Waals surface area contributed by atoms with Crippen molar-refractivity contribution in [1.29, 1.82) is 0 Å². The zero-order valence-corrected chi connectivity index (χ0v) is 13.6. The second-order valence-corrected chi connectivity index (χ2v) is 7.35. The van der Waals surface area contributed by atoms with Crippen LogP contribution in [0.2, 0.25) is 0 Å². The van der Waals surface area contributed by atoms with Crippen molar-refractivity contribution in [2.75, 3.05) is 11.9 Å². The minimum Gasteiger partial charge on any atom is -0.363 e. The molecule has 1 aromatic carbocycles. The second-order valence-electron chi connectivity index (χ2n) is 6.27. The first-order valence-electron chi connectivity index (χ1n) is 8.20. The van der Waals surface area contributed by atoms with E-state index in [2.05, 4.69) is 44.9 Å². The van der Waals surface area contributed by atoms with Crippen LogP contribution in [0.15, 0.2) is 30.6 Å². The highest BCUT2D eigenvalue weighted by Gasteiger charge is 2.25. The Bertz CT molecular complexity index is 886. The van der Waals surface area contributed by atoms with Crippen molar-refractivity contribution < 1.29 is 0 Å². The molecule has 23 heavy (non-hydrogen) atoms. The van der Waals surface area contributed by atoms with Gasteiger partial charge in [0.2, 0.25) is 0 Å². The van der Waals surface area contributed by atoms with Gasteiger partial charge in [0.1, 0.15) is 17.0 Å². The zero-order valence-electron chi connectivity index (χ0n) is 12.8. The van der Waals surface area contributed by atoms with E-state index in [0.717, 1.165) is 43.0 Å². The molecule has 1 atom stereocenters. The van der Waals surface area contributed by atoms with Crippen molar-refractivity contribution in [3.8, 4) is 0 Å². The molecule has 2 N–H and O–H groups in total. The fraction of sp³-hybridized carbons (Fsp3) is 0.333. The third kappa shape index (κ3) is 2.15. The van der Waals surface area contributed by atoms with Crippen LogP contribution in [0, 0.1) is 0 Å². The molecule has 0 spiro atoms. The summed E-state index contributed by atoms with van der Waals surface area (Å²) in [5.41, 5.74) is 4.33. The topological polar surface area (TPSA) is 49.8 Å². The van der Waals surface area contributed by atoms with E-state index >= 15 is 0 Å². The van der Waals surface area contributed by atoms with Crippen LogP contribution in [-0.2, 0) is 19.4 Å². The number of thiophene rings is 1. The van der Waals surface area contributed by atoms with Crippen molar-refractivity contribution in [2.24, 2.45) is 0 Å². The second kappa shape index (κ2) is 5.28. The van der Waals surface area contributed by atoms with Crippen molar-refractivity contribution in [1.82, 2.24) is 15.3 Å². The van der Waals surface area contributed by atoms with E-state index < -0.39 is 0 Å². The third-order valence-corrected chi connectivity index (χ3v) is 6.09. The van der Waals surface area contributed by atoms with E-state index in [9.17, 15) is 0 Å². The highest BCUT2D eigenvalue weighted by Crippen LogP contribution is 2.39. The lowest BCUT2D eigenvalue weighted by Gasteiger charge is -2.17. The normalized spacial score (nSPS) is 19.6. The summed E-state index contributed by atoms with van der Waals surface area (Å²) in [6.07, 6.45) is 5.05. The molecule has 116 valence electrons. The van der Waals surface area contributed by atoms with Gasteiger partial charge in [-0.3, -0.25) is 0 Å². The summed E-state index contributed by atoms with van der Waals surface area (Å²) < 4.78 is 0. The predicted octanol–water partition coefficient (Wildman–Crippen LogP) is 3.44. The van der Waals surface area contributed by atoms with Gasteiger partial charge in [0.15, 0.2) is 0 Å². The van der Waals surface area contributed by atoms with Crippen molar-refractivity contribution in [3.63, 3.8) is 0 Å². The van der Waals surface area contributed by atoms with Crippen LogP contribution in [-0.4, -0.2) is 16.5 Å². The maximum atomic E-state index is 4.59. The first kappa shape index (κ1) is 13.5. The molecular formula is C18H18N4S. The number of nitrogens with one attached hydrogen (secondary N) is 2. The molecule has 0 fully saturated rings. The molecule has 1 aliphatic heterocycles. The highest BCUT2D eigenvalue weighted by molar-refractivity contribution is 7.18. The van der Waals surface area contributed by atoms with Gasteiger partial charge < -0.3 is 10.6 Å². The molecular weight excluding hydrogens is 304 g/mol. The number of nitrogens with zero attached hydrogens (tertiary/aromatic N) is 2. The number of benzene rings is 1. The van der Waals surface area contributed by atoms with E-state index in [-0.39, 0.29) is 0 Å². The maximum Gasteiger partial charge on any atom is 0.138 e. The van der Waals surface area contributed by atoms with Crippen LogP contribution in [0.1, 0.15) is 34.0 Å². The van der Waals surface area contributed by atoms with E-state index in [1.165, 1.54) is 27.0 Å². The quantitative estimate of drug-likeness (QED) is 0.759. The molecule has 4 nitrogen and oxygen atoms in total. The number of anilines is 1. The first-order chi connectivity index (χ1) is 11.4. The Morgan fingerprint density at radius 1 is 1.17 bits per heavy atom. The molecule has 0 amide bonds. The molecule has 2 aromatic heterocycles. The molecule has 1 aliphatic carbocycles. The number of fused-ring (bicyclic) bond motifs is 4. The number of hydrogen-bond donors (Lipinski definition) is 2. The van der Waals surface area contributed by atoms with Crippen molar-refractivity contribution in [2.45, 2.75) is 31.8 Å². The van der Waals surface area contributed by atoms with E-state index in [0.29, 0.717) is 6.04 Å². The van der Waals surface area contributed by atoms with Gasteiger partial charge in [0.05, 0.1) is 11.4 Å². The van der Waals surface area contributed by atoms with E-state index in [1.54, 1.807) is 17.7 Å². The number of aryl methyl sites for hydroxylation is 1. The molecule has 2 aliphatic rings. The fourth-order valence-corrected chi connectivity index (χ4v) is 5.00. The number of aromatic nitrogens is 2. The molecule has 0 saturated heterocycles. The van der Waals surface area contributed by atoms with Crippen LogP contribution in [0.3, 0.4) is 0 Å². The minimum atomic E-state index is 0.363. The Morgan fingerprint density at radius 3 is 3.13 bits per heavy atom. The number of rotatable bonds is 2. The molecule has 0 saturated carbocycles. The Balaban J connectivity index is 1.58. The van der Waals surface area contributed by atoms with Gasteiger partial charge in [-0.05, 0) is 42.5 Å². The third-order valence-electron chi connectivity index (χ3n) is 4.95. The molecule has 3 heterocycles. The minimum absolute atomic E-state index is 0.363. The standard InChI is InChI=1S/C18H18N4S/c1-2-4-12-11(3-1)5-6-14(12)22-17-16-13-7-8-19-9-15(13)23-18(16)21-10-20-17/h1-4,10,14,19H,5-9H2,(H,20,21,22). The Kier molecular flexibility index (Phi) is 3.09. The van der Waals surface area contributed by atoms with Crippen molar-refractivity contribution >= 4 is 27.4 Å². The lowest BCUT2D eigenvalue weighted by atomic mass is 10.1. The summed E-state index contributed by atoms with van der Waals surface area (Å²) in [7, 11) is 0. The molecule has 0 bridgehead atoms. The summed E-state index contributed by atoms with van der Waals surface area (Å²) in [5, 5.41) is 8.41. The number of hydrogen-bond acceptors (Lipinski definition) is 5. The van der Waals surface area contributed by atoms with Gasteiger partial charge in [-0.1, -0.05) is 24.3 Å². The fourth-order valence-electron chi connectivity index (χ4n) is 3.84. The molecule has 5 heteroatoms. The van der Waals surface area contributed by atoms with Crippen LogP contribution < -0.4 is 10.6 Å². The van der Waals surface area contributed by atoms with Gasteiger partial charge in [-0.25, -0.2) is 9.97 Å². The molecule has 3 aromatic rings. The van der Waals surface area contributed by atoms with Crippen LogP contribution in [0.25, 0.3) is 10.2 Å². The average molecular weight is 322 g/mol. The zero-order chi connectivity index (χ0) is 15.2. The van der Waals surface area contributed by atoms with Gasteiger partial charge in [0.25, 0.3) is 0 Å². The Morgan fingerprint density at radius 2 is 2.13 bits per heavy atom. The van der Waals surface area contributed by atoms with Crippen molar-refractivity contribution in [3.05, 3.63) is 52.2 Å². The molecule has 1 unspecified atom stereocenters. The van der Waals surface area contributed by atoms with E-state index in [1.807, 2.05) is 0 Å². The van der Waals surface area contributed by atoms with Crippen LogP contribution in [0.4, 0.5) is 5.82 Å². The monoisotopic (exact) mass is 322 g/mol. The van der Waals surface area contributed by atoms with Gasteiger partial charge in [-0.15, -0.1) is 11.3 Å². The lowest BCUT2D eigenvalue weighted by molar-refractivity contribution is 0.657. The summed E-state index contributed by atoms with van der Waals surface area (Å²) in [6, 6.07) is 9.11. The van der Waals surface area contributed by atoms with E-state index in [4.69, 9.17) is 0 Å². The average Bonchev–Trinajstić information content (AvgIpc) is 3.17. The predicted molar refractivity (Wildman–Crippen MR) is 94.0 cm³/mol. The Hall–Kier alpha value is -1.98. The SMILES string of the molecule is c1ccc2c(c1)CCC2Nc1ncnc2sc3c(c12)CCNC3.